The maximum Gasteiger partial charge on any atom is 0.261 e. The van der Waals surface area contributed by atoms with Crippen molar-refractivity contribution in [2.45, 2.75) is 0 Å². The Hall–Kier alpha value is -1.66. The number of anilines is 1. The van der Waals surface area contributed by atoms with Gasteiger partial charge in [-0.25, -0.2) is 0 Å². The first-order valence-electron chi connectivity index (χ1n) is 6.83. The van der Waals surface area contributed by atoms with Crippen LogP contribution in [0.4, 0.5) is 5.69 Å². The van der Waals surface area contributed by atoms with Crippen molar-refractivity contribution in [3.63, 3.8) is 0 Å². The largest absolute Gasteiger partial charge is 0.383 e. The molecule has 2 rings (SSSR count). The minimum Gasteiger partial charge on any atom is -0.383 e. The lowest BCUT2D eigenvalue weighted by Crippen LogP contribution is -2.20. The van der Waals surface area contributed by atoms with Gasteiger partial charge in [0.2, 0.25) is 0 Å². The van der Waals surface area contributed by atoms with E-state index in [2.05, 4.69) is 5.32 Å². The van der Waals surface area contributed by atoms with Crippen LogP contribution in [0.3, 0.4) is 0 Å². The van der Waals surface area contributed by atoms with Gasteiger partial charge in [-0.05, 0) is 12.1 Å². The molecule has 1 heterocycles. The normalized spacial score (nSPS) is 14.2. The van der Waals surface area contributed by atoms with Crippen molar-refractivity contribution >= 4 is 40.9 Å². The molecule has 1 aliphatic heterocycles. The number of amides is 1. The summed E-state index contributed by atoms with van der Waals surface area (Å²) in [6.07, 6.45) is 3.09. The van der Waals surface area contributed by atoms with E-state index in [9.17, 15) is 9.59 Å². The molecule has 0 radical (unpaired) electrons. The van der Waals surface area contributed by atoms with Gasteiger partial charge in [0.25, 0.3) is 5.91 Å². The molecule has 1 aromatic carbocycles. The first kappa shape index (κ1) is 16.7. The van der Waals surface area contributed by atoms with Gasteiger partial charge in [-0.2, -0.15) is 0 Å². The van der Waals surface area contributed by atoms with Crippen LogP contribution in [0.2, 0.25) is 0 Å². The van der Waals surface area contributed by atoms with Crippen LogP contribution < -0.4 is 5.32 Å². The fourth-order valence-electron chi connectivity index (χ4n) is 1.78. The molecule has 0 saturated carbocycles. The van der Waals surface area contributed by atoms with Gasteiger partial charge < -0.3 is 10.2 Å². The van der Waals surface area contributed by atoms with Crippen LogP contribution in [0.25, 0.3) is 0 Å². The molecule has 0 unspecified atom stereocenters. The van der Waals surface area contributed by atoms with E-state index >= 15 is 0 Å². The van der Waals surface area contributed by atoms with E-state index < -0.39 is 0 Å². The molecule has 1 N–H and O–H groups in total. The number of nitrogens with zero attached hydrogens (tertiary/aromatic N) is 1. The van der Waals surface area contributed by atoms with E-state index in [4.69, 9.17) is 0 Å². The summed E-state index contributed by atoms with van der Waals surface area (Å²) in [5.41, 5.74) is 0.914. The number of thioether (sulfide) groups is 2. The highest BCUT2D eigenvalue weighted by Gasteiger charge is 2.25. The van der Waals surface area contributed by atoms with Crippen molar-refractivity contribution in [2.24, 2.45) is 0 Å². The first-order valence-corrected chi connectivity index (χ1v) is 8.80. The first-order chi connectivity index (χ1) is 10.6. The van der Waals surface area contributed by atoms with Gasteiger partial charge in [-0.3, -0.25) is 9.59 Å². The molecule has 1 amide bonds. The molecule has 0 spiro atoms. The molecule has 1 aliphatic rings. The second-order valence-corrected chi connectivity index (χ2v) is 7.29. The quantitative estimate of drug-likeness (QED) is 0.510. The van der Waals surface area contributed by atoms with Gasteiger partial charge in [0, 0.05) is 43.6 Å². The zero-order valence-corrected chi connectivity index (χ0v) is 14.2. The second kappa shape index (κ2) is 8.10. The summed E-state index contributed by atoms with van der Waals surface area (Å²) >= 11 is 3.13. The van der Waals surface area contributed by atoms with Gasteiger partial charge in [-0.15, -0.1) is 23.5 Å². The van der Waals surface area contributed by atoms with Crippen LogP contribution in [0.5, 0.6) is 0 Å². The van der Waals surface area contributed by atoms with E-state index in [1.54, 1.807) is 46.8 Å². The van der Waals surface area contributed by atoms with Crippen molar-refractivity contribution in [1.82, 2.24) is 4.90 Å². The van der Waals surface area contributed by atoms with Gasteiger partial charge in [0.1, 0.15) is 5.57 Å². The highest BCUT2D eigenvalue weighted by atomic mass is 32.2. The average Bonchev–Trinajstić information content (AvgIpc) is 3.00. The Balaban J connectivity index is 2.23. The van der Waals surface area contributed by atoms with E-state index in [1.165, 1.54) is 6.08 Å². The zero-order chi connectivity index (χ0) is 15.9. The van der Waals surface area contributed by atoms with Gasteiger partial charge in [0.05, 0.1) is 4.24 Å². The number of allylic oxidation sites excluding steroid dienone is 1. The molecular formula is C16H18N2O2S2. The number of nitrogens with one attached hydrogen (secondary N) is 1. The summed E-state index contributed by atoms with van der Waals surface area (Å²) in [7, 11) is 3.67. The molecule has 1 saturated heterocycles. The molecule has 0 bridgehead atoms. The SMILES string of the molecule is CN(C)/C=C/C(=O)C(C(=O)Nc1ccccc1)=C1SCCS1. The smallest absolute Gasteiger partial charge is 0.261 e. The lowest BCUT2D eigenvalue weighted by Gasteiger charge is -2.10. The van der Waals surface area contributed by atoms with E-state index in [1.807, 2.05) is 32.3 Å². The van der Waals surface area contributed by atoms with Crippen molar-refractivity contribution in [1.29, 1.82) is 0 Å². The molecule has 0 aliphatic carbocycles. The molecule has 1 fully saturated rings. The lowest BCUT2D eigenvalue weighted by molar-refractivity contribution is -0.117. The highest BCUT2D eigenvalue weighted by molar-refractivity contribution is 8.25. The number of para-hydroxylation sites is 1. The summed E-state index contributed by atoms with van der Waals surface area (Å²) < 4.78 is 0.807. The number of hydrogen-bond acceptors (Lipinski definition) is 5. The zero-order valence-electron chi connectivity index (χ0n) is 12.5. The van der Waals surface area contributed by atoms with Crippen LogP contribution in [0.15, 0.2) is 52.4 Å². The van der Waals surface area contributed by atoms with Crippen molar-refractivity contribution < 1.29 is 9.59 Å². The Morgan fingerprint density at radius 2 is 1.77 bits per heavy atom. The molecule has 0 atom stereocenters. The minimum absolute atomic E-state index is 0.231. The van der Waals surface area contributed by atoms with Gasteiger partial charge in [0.15, 0.2) is 5.78 Å². The van der Waals surface area contributed by atoms with Crippen LogP contribution in [0, 0.1) is 0 Å². The summed E-state index contributed by atoms with van der Waals surface area (Å²) in [6, 6.07) is 9.16. The Morgan fingerprint density at radius 3 is 2.36 bits per heavy atom. The molecule has 1 aromatic rings. The van der Waals surface area contributed by atoms with Crippen LogP contribution in [-0.4, -0.2) is 42.2 Å². The summed E-state index contributed by atoms with van der Waals surface area (Å²) in [6.45, 7) is 0. The summed E-state index contributed by atoms with van der Waals surface area (Å²) in [4.78, 5) is 26.7. The number of benzene rings is 1. The second-order valence-electron chi connectivity index (χ2n) is 4.82. The Morgan fingerprint density at radius 1 is 1.14 bits per heavy atom. The van der Waals surface area contributed by atoms with Crippen molar-refractivity contribution in [3.8, 4) is 0 Å². The van der Waals surface area contributed by atoms with E-state index in [0.717, 1.165) is 15.7 Å². The Kier molecular flexibility index (Phi) is 6.15. The molecule has 4 nitrogen and oxygen atoms in total. The Labute approximate surface area is 139 Å². The lowest BCUT2D eigenvalue weighted by atomic mass is 10.1. The predicted octanol–water partition coefficient (Wildman–Crippen LogP) is 2.96. The molecule has 116 valence electrons. The number of rotatable bonds is 5. The average molecular weight is 334 g/mol. The monoisotopic (exact) mass is 334 g/mol. The number of carbonyl (C=O) groups excluding carboxylic acids is 2. The fraction of sp³-hybridized carbons (Fsp3) is 0.250. The highest BCUT2D eigenvalue weighted by Crippen LogP contribution is 2.39. The van der Waals surface area contributed by atoms with Crippen LogP contribution >= 0.6 is 23.5 Å². The predicted molar refractivity (Wildman–Crippen MR) is 94.8 cm³/mol. The third-order valence-electron chi connectivity index (χ3n) is 2.78. The fourth-order valence-corrected chi connectivity index (χ4v) is 4.32. The van der Waals surface area contributed by atoms with Gasteiger partial charge >= 0.3 is 0 Å². The van der Waals surface area contributed by atoms with Gasteiger partial charge in [-0.1, -0.05) is 18.2 Å². The Bertz CT molecular complexity index is 602. The number of hydrogen-bond donors (Lipinski definition) is 1. The number of ketones is 1. The molecule has 22 heavy (non-hydrogen) atoms. The maximum atomic E-state index is 12.5. The third-order valence-corrected chi connectivity index (χ3v) is 5.50. The third kappa shape index (κ3) is 4.68. The number of carbonyl (C=O) groups is 2. The summed E-state index contributed by atoms with van der Waals surface area (Å²) in [5.74, 6) is 1.23. The topological polar surface area (TPSA) is 49.4 Å². The minimum atomic E-state index is -0.350. The summed E-state index contributed by atoms with van der Waals surface area (Å²) in [5, 5.41) is 2.80. The molecule has 0 aromatic heterocycles. The maximum absolute atomic E-state index is 12.5. The van der Waals surface area contributed by atoms with Crippen molar-refractivity contribution in [3.05, 3.63) is 52.4 Å². The standard InChI is InChI=1S/C16H18N2O2S2/c1-18(2)9-8-13(19)14(16-21-10-11-22-16)15(20)17-12-6-4-3-5-7-12/h3-9H,10-11H2,1-2H3,(H,17,20)/b9-8+. The molecule has 6 heteroatoms. The van der Waals surface area contributed by atoms with Crippen LogP contribution in [0.1, 0.15) is 0 Å². The van der Waals surface area contributed by atoms with E-state index in [-0.39, 0.29) is 17.3 Å². The van der Waals surface area contributed by atoms with E-state index in [0.29, 0.717) is 5.69 Å². The molecular weight excluding hydrogens is 316 g/mol. The van der Waals surface area contributed by atoms with Crippen LogP contribution in [-0.2, 0) is 9.59 Å². The van der Waals surface area contributed by atoms with Crippen molar-refractivity contribution in [2.75, 3.05) is 30.9 Å².